The molecule has 0 unspecified atom stereocenters. The van der Waals surface area contributed by atoms with Crippen LogP contribution in [0.1, 0.15) is 10.5 Å². The Bertz CT molecular complexity index is 790. The summed E-state index contributed by atoms with van der Waals surface area (Å²) in [6.45, 7) is 4.34. The SMILES string of the molecule is C=CCn1c(C(=O)Nc2ccccn2)cc2ccccc21. The molecular formula is C17H15N3O. The predicted octanol–water partition coefficient (Wildman–Crippen LogP) is 3.47. The van der Waals surface area contributed by atoms with Crippen LogP contribution in [0.5, 0.6) is 0 Å². The number of benzene rings is 1. The molecule has 0 saturated heterocycles. The number of hydrogen-bond donors (Lipinski definition) is 1. The van der Waals surface area contributed by atoms with Crippen molar-refractivity contribution in [1.29, 1.82) is 0 Å². The molecule has 0 saturated carbocycles. The third-order valence-corrected chi connectivity index (χ3v) is 3.26. The van der Waals surface area contributed by atoms with E-state index in [4.69, 9.17) is 0 Å². The van der Waals surface area contributed by atoms with Crippen LogP contribution in [0.3, 0.4) is 0 Å². The van der Waals surface area contributed by atoms with Crippen LogP contribution in [-0.4, -0.2) is 15.5 Å². The Morgan fingerprint density at radius 1 is 1.24 bits per heavy atom. The maximum absolute atomic E-state index is 12.5. The maximum Gasteiger partial charge on any atom is 0.273 e. The van der Waals surface area contributed by atoms with Crippen LogP contribution < -0.4 is 5.32 Å². The van der Waals surface area contributed by atoms with E-state index in [2.05, 4.69) is 16.9 Å². The Morgan fingerprint density at radius 2 is 2.05 bits per heavy atom. The van der Waals surface area contributed by atoms with Crippen LogP contribution in [0.15, 0.2) is 67.4 Å². The summed E-state index contributed by atoms with van der Waals surface area (Å²) in [6, 6.07) is 15.2. The van der Waals surface area contributed by atoms with Crippen LogP contribution in [0.4, 0.5) is 5.82 Å². The fourth-order valence-electron chi connectivity index (χ4n) is 2.34. The van der Waals surface area contributed by atoms with Gasteiger partial charge in [-0.2, -0.15) is 0 Å². The van der Waals surface area contributed by atoms with Crippen molar-refractivity contribution in [3.8, 4) is 0 Å². The normalized spacial score (nSPS) is 10.5. The minimum Gasteiger partial charge on any atom is -0.333 e. The Balaban J connectivity index is 2.00. The highest BCUT2D eigenvalue weighted by molar-refractivity contribution is 6.06. The van der Waals surface area contributed by atoms with Crippen LogP contribution in [-0.2, 0) is 6.54 Å². The number of anilines is 1. The van der Waals surface area contributed by atoms with Crippen molar-refractivity contribution in [2.75, 3.05) is 5.32 Å². The van der Waals surface area contributed by atoms with E-state index in [1.54, 1.807) is 18.3 Å². The van der Waals surface area contributed by atoms with Gasteiger partial charge in [0.05, 0.1) is 0 Å². The number of nitrogens with one attached hydrogen (secondary N) is 1. The van der Waals surface area contributed by atoms with E-state index >= 15 is 0 Å². The molecule has 4 nitrogen and oxygen atoms in total. The summed E-state index contributed by atoms with van der Waals surface area (Å²) < 4.78 is 1.95. The van der Waals surface area contributed by atoms with Gasteiger partial charge in [0.15, 0.2) is 0 Å². The Morgan fingerprint density at radius 3 is 2.81 bits per heavy atom. The lowest BCUT2D eigenvalue weighted by Gasteiger charge is -2.08. The first-order chi connectivity index (χ1) is 10.3. The lowest BCUT2D eigenvalue weighted by Crippen LogP contribution is -2.17. The van der Waals surface area contributed by atoms with Gasteiger partial charge in [-0.15, -0.1) is 6.58 Å². The topological polar surface area (TPSA) is 46.9 Å². The highest BCUT2D eigenvalue weighted by Gasteiger charge is 2.15. The van der Waals surface area contributed by atoms with Gasteiger partial charge in [-0.05, 0) is 24.3 Å². The minimum atomic E-state index is -0.174. The average Bonchev–Trinajstić information content (AvgIpc) is 2.88. The third kappa shape index (κ3) is 2.56. The molecule has 21 heavy (non-hydrogen) atoms. The van der Waals surface area contributed by atoms with Crippen LogP contribution in [0, 0.1) is 0 Å². The fraction of sp³-hybridized carbons (Fsp3) is 0.0588. The quantitative estimate of drug-likeness (QED) is 0.742. The van der Waals surface area contributed by atoms with Crippen molar-refractivity contribution in [3.05, 3.63) is 73.1 Å². The van der Waals surface area contributed by atoms with Crippen molar-refractivity contribution < 1.29 is 4.79 Å². The molecule has 0 aliphatic heterocycles. The summed E-state index contributed by atoms with van der Waals surface area (Å²) in [5, 5.41) is 3.85. The number of hydrogen-bond acceptors (Lipinski definition) is 2. The second kappa shape index (κ2) is 5.63. The summed E-state index contributed by atoms with van der Waals surface area (Å²) in [4.78, 5) is 16.6. The number of nitrogens with zero attached hydrogens (tertiary/aromatic N) is 2. The Hall–Kier alpha value is -2.88. The summed E-state index contributed by atoms with van der Waals surface area (Å²) in [5.41, 5.74) is 1.62. The second-order valence-electron chi connectivity index (χ2n) is 4.66. The molecule has 1 amide bonds. The standard InChI is InChI=1S/C17H15N3O/c1-2-11-20-14-8-4-3-7-13(14)12-15(20)17(21)19-16-9-5-6-10-18-16/h2-10,12H,1,11H2,(H,18,19,21). The van der Waals surface area contributed by atoms with E-state index in [0.717, 1.165) is 10.9 Å². The van der Waals surface area contributed by atoms with Crippen molar-refractivity contribution >= 4 is 22.6 Å². The lowest BCUT2D eigenvalue weighted by molar-refractivity contribution is 0.101. The van der Waals surface area contributed by atoms with E-state index in [1.165, 1.54) is 0 Å². The molecule has 0 aliphatic carbocycles. The first-order valence-electron chi connectivity index (χ1n) is 6.71. The molecule has 3 rings (SSSR count). The first kappa shape index (κ1) is 13.1. The number of para-hydroxylation sites is 1. The predicted molar refractivity (Wildman–Crippen MR) is 84.3 cm³/mol. The van der Waals surface area contributed by atoms with Gasteiger partial charge in [0.1, 0.15) is 11.5 Å². The summed E-state index contributed by atoms with van der Waals surface area (Å²) in [5.74, 6) is 0.365. The smallest absolute Gasteiger partial charge is 0.273 e. The van der Waals surface area contributed by atoms with Gasteiger partial charge in [0.25, 0.3) is 5.91 Å². The molecule has 1 N–H and O–H groups in total. The molecule has 1 aromatic carbocycles. The molecule has 3 aromatic rings. The first-order valence-corrected chi connectivity index (χ1v) is 6.71. The van der Waals surface area contributed by atoms with Gasteiger partial charge < -0.3 is 9.88 Å². The number of fused-ring (bicyclic) bond motifs is 1. The zero-order valence-corrected chi connectivity index (χ0v) is 11.5. The van der Waals surface area contributed by atoms with Crippen molar-refractivity contribution in [2.24, 2.45) is 0 Å². The number of allylic oxidation sites excluding steroid dienone is 1. The molecule has 104 valence electrons. The van der Waals surface area contributed by atoms with Crippen LogP contribution in [0.25, 0.3) is 10.9 Å². The van der Waals surface area contributed by atoms with E-state index in [9.17, 15) is 4.79 Å². The number of aromatic nitrogens is 2. The van der Waals surface area contributed by atoms with Gasteiger partial charge in [-0.3, -0.25) is 4.79 Å². The van der Waals surface area contributed by atoms with E-state index in [0.29, 0.717) is 18.1 Å². The van der Waals surface area contributed by atoms with Gasteiger partial charge in [0.2, 0.25) is 0 Å². The van der Waals surface area contributed by atoms with Crippen molar-refractivity contribution in [1.82, 2.24) is 9.55 Å². The van der Waals surface area contributed by atoms with Gasteiger partial charge in [0, 0.05) is 23.6 Å². The van der Waals surface area contributed by atoms with E-state index < -0.39 is 0 Å². The number of carbonyl (C=O) groups is 1. The van der Waals surface area contributed by atoms with Crippen LogP contribution in [0.2, 0.25) is 0 Å². The van der Waals surface area contributed by atoms with Gasteiger partial charge in [-0.1, -0.05) is 30.3 Å². The maximum atomic E-state index is 12.5. The van der Waals surface area contributed by atoms with Gasteiger partial charge >= 0.3 is 0 Å². The average molecular weight is 277 g/mol. The fourth-order valence-corrected chi connectivity index (χ4v) is 2.34. The molecule has 0 atom stereocenters. The summed E-state index contributed by atoms with van der Waals surface area (Å²) >= 11 is 0. The summed E-state index contributed by atoms with van der Waals surface area (Å²) in [7, 11) is 0. The molecule has 0 fully saturated rings. The van der Waals surface area contributed by atoms with E-state index in [1.807, 2.05) is 47.0 Å². The highest BCUT2D eigenvalue weighted by atomic mass is 16.2. The Kier molecular flexibility index (Phi) is 3.51. The van der Waals surface area contributed by atoms with Crippen molar-refractivity contribution in [3.63, 3.8) is 0 Å². The molecule has 4 heteroatoms. The number of carbonyl (C=O) groups excluding carboxylic acids is 1. The largest absolute Gasteiger partial charge is 0.333 e. The molecule has 0 radical (unpaired) electrons. The molecule has 2 heterocycles. The Labute approximate surface area is 122 Å². The lowest BCUT2D eigenvalue weighted by atomic mass is 10.2. The molecular weight excluding hydrogens is 262 g/mol. The van der Waals surface area contributed by atoms with Gasteiger partial charge in [-0.25, -0.2) is 4.98 Å². The number of pyridine rings is 1. The van der Waals surface area contributed by atoms with Crippen LogP contribution >= 0.6 is 0 Å². The molecule has 0 aliphatic rings. The molecule has 2 aromatic heterocycles. The molecule has 0 bridgehead atoms. The zero-order chi connectivity index (χ0) is 14.7. The van der Waals surface area contributed by atoms with E-state index in [-0.39, 0.29) is 5.91 Å². The minimum absolute atomic E-state index is 0.174. The third-order valence-electron chi connectivity index (χ3n) is 3.26. The van der Waals surface area contributed by atoms with Crippen molar-refractivity contribution in [2.45, 2.75) is 6.54 Å². The highest BCUT2D eigenvalue weighted by Crippen LogP contribution is 2.20. The number of amides is 1. The summed E-state index contributed by atoms with van der Waals surface area (Å²) in [6.07, 6.45) is 3.43. The second-order valence-corrected chi connectivity index (χ2v) is 4.66. The molecule has 0 spiro atoms. The zero-order valence-electron chi connectivity index (χ0n) is 11.5. The monoisotopic (exact) mass is 277 g/mol. The number of rotatable bonds is 4.